The van der Waals surface area contributed by atoms with Crippen molar-refractivity contribution in [3.05, 3.63) is 81.9 Å². The topological polar surface area (TPSA) is 105 Å². The highest BCUT2D eigenvalue weighted by molar-refractivity contribution is 6.31. The van der Waals surface area contributed by atoms with Crippen LogP contribution >= 0.6 is 11.6 Å². The number of imide groups is 1. The van der Waals surface area contributed by atoms with Gasteiger partial charge in [0.1, 0.15) is 5.75 Å². The molecule has 2 aliphatic rings. The van der Waals surface area contributed by atoms with E-state index in [1.165, 1.54) is 36.4 Å². The predicted molar refractivity (Wildman–Crippen MR) is 114 cm³/mol. The normalized spacial score (nSPS) is 14.0. The van der Waals surface area contributed by atoms with Gasteiger partial charge in [0, 0.05) is 10.6 Å². The van der Waals surface area contributed by atoms with E-state index in [0.29, 0.717) is 22.1 Å². The maximum absolute atomic E-state index is 12.9. The van der Waals surface area contributed by atoms with Crippen LogP contribution in [-0.4, -0.2) is 34.5 Å². The second-order valence-electron chi connectivity index (χ2n) is 7.26. The summed E-state index contributed by atoms with van der Waals surface area (Å²) in [7, 11) is 0. The number of hydrogen-bond donors (Lipinski definition) is 2. The molecule has 2 heterocycles. The number of aromatic hydroxyl groups is 1. The molecular formula is C23H15ClN2O6. The highest BCUT2D eigenvalue weighted by Crippen LogP contribution is 2.34. The van der Waals surface area contributed by atoms with Crippen molar-refractivity contribution >= 4 is 35.0 Å². The van der Waals surface area contributed by atoms with Crippen molar-refractivity contribution in [2.45, 2.75) is 6.54 Å². The van der Waals surface area contributed by atoms with Gasteiger partial charge in [0.05, 0.1) is 23.4 Å². The zero-order chi connectivity index (χ0) is 22.4. The van der Waals surface area contributed by atoms with Gasteiger partial charge in [-0.1, -0.05) is 17.7 Å². The summed E-state index contributed by atoms with van der Waals surface area (Å²) in [4.78, 5) is 39.5. The summed E-state index contributed by atoms with van der Waals surface area (Å²) in [6, 6.07) is 13.7. The third-order valence-corrected chi connectivity index (χ3v) is 5.45. The van der Waals surface area contributed by atoms with Crippen LogP contribution in [0.4, 0.5) is 5.69 Å². The smallest absolute Gasteiger partial charge is 0.261 e. The van der Waals surface area contributed by atoms with Crippen molar-refractivity contribution in [1.29, 1.82) is 0 Å². The summed E-state index contributed by atoms with van der Waals surface area (Å²) in [6.45, 7) is 0.185. The minimum atomic E-state index is -0.556. The van der Waals surface area contributed by atoms with Gasteiger partial charge in [0.15, 0.2) is 11.5 Å². The van der Waals surface area contributed by atoms with Crippen LogP contribution in [0.25, 0.3) is 0 Å². The zero-order valence-electron chi connectivity index (χ0n) is 16.4. The maximum Gasteiger partial charge on any atom is 0.261 e. The first-order chi connectivity index (χ1) is 15.4. The number of halogens is 1. The number of fused-ring (bicyclic) bond motifs is 2. The lowest BCUT2D eigenvalue weighted by atomic mass is 10.1. The van der Waals surface area contributed by atoms with E-state index in [2.05, 4.69) is 5.32 Å². The van der Waals surface area contributed by atoms with E-state index in [-0.39, 0.29) is 41.5 Å². The van der Waals surface area contributed by atoms with Crippen LogP contribution in [0.1, 0.15) is 36.6 Å². The van der Waals surface area contributed by atoms with Crippen molar-refractivity contribution in [3.8, 4) is 17.2 Å². The van der Waals surface area contributed by atoms with Crippen molar-refractivity contribution in [2.24, 2.45) is 0 Å². The molecule has 9 heteroatoms. The summed E-state index contributed by atoms with van der Waals surface area (Å²) < 4.78 is 10.6. The SMILES string of the molecule is O=C(Nc1cc(Cl)ccc1O)c1ccc2c(c1)C(=O)N(Cc1ccc3c(c1)OCO3)C2=O. The number of rotatable bonds is 4. The minimum absolute atomic E-state index is 0.0565. The molecule has 0 fully saturated rings. The summed E-state index contributed by atoms with van der Waals surface area (Å²) >= 11 is 5.91. The van der Waals surface area contributed by atoms with Crippen LogP contribution in [0, 0.1) is 0 Å². The zero-order valence-corrected chi connectivity index (χ0v) is 17.2. The van der Waals surface area contributed by atoms with E-state index in [4.69, 9.17) is 21.1 Å². The van der Waals surface area contributed by atoms with E-state index in [1.54, 1.807) is 18.2 Å². The Labute approximate surface area is 186 Å². The first-order valence-electron chi connectivity index (χ1n) is 9.59. The molecule has 2 N–H and O–H groups in total. The van der Waals surface area contributed by atoms with Gasteiger partial charge in [0.2, 0.25) is 6.79 Å². The Balaban J connectivity index is 1.37. The Bertz CT molecular complexity index is 1310. The number of nitrogens with one attached hydrogen (secondary N) is 1. The molecule has 0 radical (unpaired) electrons. The number of carbonyl (C=O) groups is 3. The van der Waals surface area contributed by atoms with Crippen molar-refractivity contribution in [2.75, 3.05) is 12.1 Å². The third kappa shape index (κ3) is 3.40. The number of hydrogen-bond acceptors (Lipinski definition) is 6. The lowest BCUT2D eigenvalue weighted by molar-refractivity contribution is 0.0642. The Morgan fingerprint density at radius 1 is 0.969 bits per heavy atom. The molecule has 0 aromatic heterocycles. The van der Waals surface area contributed by atoms with Gasteiger partial charge >= 0.3 is 0 Å². The van der Waals surface area contributed by atoms with E-state index < -0.39 is 17.7 Å². The van der Waals surface area contributed by atoms with Gasteiger partial charge in [-0.25, -0.2) is 0 Å². The Hall–Kier alpha value is -4.04. The molecule has 0 bridgehead atoms. The van der Waals surface area contributed by atoms with Crippen LogP contribution in [-0.2, 0) is 6.54 Å². The molecule has 3 aromatic carbocycles. The molecule has 5 rings (SSSR count). The van der Waals surface area contributed by atoms with Gasteiger partial charge < -0.3 is 19.9 Å². The predicted octanol–water partition coefficient (Wildman–Crippen LogP) is 3.82. The van der Waals surface area contributed by atoms with Gasteiger partial charge in [-0.15, -0.1) is 0 Å². The summed E-state index contributed by atoms with van der Waals surface area (Å²) in [5, 5.41) is 12.8. The molecule has 8 nitrogen and oxygen atoms in total. The second kappa shape index (κ2) is 7.58. The van der Waals surface area contributed by atoms with Crippen molar-refractivity contribution in [1.82, 2.24) is 4.90 Å². The molecule has 2 aliphatic heterocycles. The fourth-order valence-corrected chi connectivity index (χ4v) is 3.77. The Kier molecular flexibility index (Phi) is 4.71. The van der Waals surface area contributed by atoms with Crippen LogP contribution < -0.4 is 14.8 Å². The molecular weight excluding hydrogens is 436 g/mol. The van der Waals surface area contributed by atoms with Gasteiger partial charge in [-0.2, -0.15) is 0 Å². The molecule has 0 spiro atoms. The van der Waals surface area contributed by atoms with Gasteiger partial charge in [-0.3, -0.25) is 19.3 Å². The largest absolute Gasteiger partial charge is 0.506 e. The first kappa shape index (κ1) is 19.9. The van der Waals surface area contributed by atoms with Crippen LogP contribution in [0.5, 0.6) is 17.2 Å². The third-order valence-electron chi connectivity index (χ3n) is 5.22. The summed E-state index contributed by atoms with van der Waals surface area (Å²) in [6.07, 6.45) is 0. The van der Waals surface area contributed by atoms with Gasteiger partial charge in [-0.05, 0) is 54.1 Å². The van der Waals surface area contributed by atoms with Crippen LogP contribution in [0.2, 0.25) is 5.02 Å². The monoisotopic (exact) mass is 450 g/mol. The molecule has 0 saturated heterocycles. The average molecular weight is 451 g/mol. The number of nitrogens with zero attached hydrogens (tertiary/aromatic N) is 1. The molecule has 3 aromatic rings. The molecule has 0 unspecified atom stereocenters. The summed E-state index contributed by atoms with van der Waals surface area (Å²) in [5.74, 6) is -0.477. The van der Waals surface area contributed by atoms with E-state index in [9.17, 15) is 19.5 Å². The number of amides is 3. The van der Waals surface area contributed by atoms with Crippen molar-refractivity contribution in [3.63, 3.8) is 0 Å². The van der Waals surface area contributed by atoms with E-state index in [0.717, 1.165) is 4.90 Å². The number of phenols is 1. The number of benzene rings is 3. The first-order valence-corrected chi connectivity index (χ1v) is 9.97. The standard InChI is InChI=1S/C23H15ClN2O6/c24-14-3-5-18(27)17(9-14)25-21(28)13-2-4-15-16(8-13)23(30)26(22(15)29)10-12-1-6-19-20(7-12)32-11-31-19/h1-9,27H,10-11H2,(H,25,28). The number of phenolic OH excluding ortho intramolecular Hbond substituents is 1. The molecule has 3 amide bonds. The lowest BCUT2D eigenvalue weighted by Crippen LogP contribution is -2.29. The summed E-state index contributed by atoms with van der Waals surface area (Å²) in [5.41, 5.74) is 1.36. The molecule has 160 valence electrons. The molecule has 32 heavy (non-hydrogen) atoms. The lowest BCUT2D eigenvalue weighted by Gasteiger charge is -2.14. The van der Waals surface area contributed by atoms with Crippen molar-refractivity contribution < 1.29 is 29.0 Å². The minimum Gasteiger partial charge on any atom is -0.506 e. The highest BCUT2D eigenvalue weighted by atomic mass is 35.5. The van der Waals surface area contributed by atoms with Gasteiger partial charge in [0.25, 0.3) is 17.7 Å². The second-order valence-corrected chi connectivity index (χ2v) is 7.70. The van der Waals surface area contributed by atoms with Crippen LogP contribution in [0.3, 0.4) is 0 Å². The fraction of sp³-hybridized carbons (Fsp3) is 0.0870. The Morgan fingerprint density at radius 2 is 1.75 bits per heavy atom. The molecule has 0 atom stereocenters. The molecule has 0 aliphatic carbocycles. The maximum atomic E-state index is 12.9. The number of carbonyl (C=O) groups excluding carboxylic acids is 3. The number of ether oxygens (including phenoxy) is 2. The van der Waals surface area contributed by atoms with Crippen LogP contribution in [0.15, 0.2) is 54.6 Å². The number of anilines is 1. The molecule has 0 saturated carbocycles. The van der Waals surface area contributed by atoms with E-state index in [1.807, 2.05) is 0 Å². The fourth-order valence-electron chi connectivity index (χ4n) is 3.60. The average Bonchev–Trinajstić information content (AvgIpc) is 3.34. The Morgan fingerprint density at radius 3 is 2.59 bits per heavy atom. The van der Waals surface area contributed by atoms with E-state index >= 15 is 0 Å². The highest BCUT2D eigenvalue weighted by Gasteiger charge is 2.36. The quantitative estimate of drug-likeness (QED) is 0.462.